The summed E-state index contributed by atoms with van der Waals surface area (Å²) < 4.78 is 5.37. The van der Waals surface area contributed by atoms with Gasteiger partial charge in [0.25, 0.3) is 0 Å². The van der Waals surface area contributed by atoms with Crippen LogP contribution in [0, 0.1) is 11.3 Å². The van der Waals surface area contributed by atoms with Crippen molar-refractivity contribution in [2.24, 2.45) is 17.1 Å². The Labute approximate surface area is 116 Å². The molecular weight excluding hydrogens is 238 g/mol. The number of rotatable bonds is 3. The predicted octanol–water partition coefficient (Wildman–Crippen LogP) is 3.41. The van der Waals surface area contributed by atoms with Gasteiger partial charge in [0.1, 0.15) is 0 Å². The minimum atomic E-state index is -0.370. The zero-order chi connectivity index (χ0) is 14.1. The van der Waals surface area contributed by atoms with Gasteiger partial charge < -0.3 is 10.3 Å². The third kappa shape index (κ3) is 3.56. The Balaban J connectivity index is 2.06. The van der Waals surface area contributed by atoms with Crippen molar-refractivity contribution in [3.05, 3.63) is 11.7 Å². The first-order valence-electron chi connectivity index (χ1n) is 7.44. The Morgan fingerprint density at radius 1 is 1.32 bits per heavy atom. The second kappa shape index (κ2) is 5.23. The molecule has 0 atom stereocenters. The van der Waals surface area contributed by atoms with E-state index in [1.807, 2.05) is 0 Å². The van der Waals surface area contributed by atoms with Gasteiger partial charge in [-0.25, -0.2) is 0 Å². The van der Waals surface area contributed by atoms with Crippen LogP contribution in [-0.2, 0) is 12.0 Å². The fraction of sp³-hybridized carbons (Fsp3) is 0.867. The summed E-state index contributed by atoms with van der Waals surface area (Å²) in [7, 11) is 0. The van der Waals surface area contributed by atoms with Crippen LogP contribution in [0.4, 0.5) is 0 Å². The van der Waals surface area contributed by atoms with Crippen molar-refractivity contribution in [2.75, 3.05) is 0 Å². The molecule has 1 aliphatic rings. The molecule has 0 radical (unpaired) electrons. The number of hydrogen-bond donors (Lipinski definition) is 1. The molecule has 4 heteroatoms. The summed E-state index contributed by atoms with van der Waals surface area (Å²) in [6.07, 6.45) is 6.34. The fourth-order valence-electron chi connectivity index (χ4n) is 2.81. The van der Waals surface area contributed by atoms with Crippen LogP contribution >= 0.6 is 0 Å². The molecule has 0 aromatic carbocycles. The Hall–Kier alpha value is -0.900. The predicted molar refractivity (Wildman–Crippen MR) is 75.6 cm³/mol. The molecule has 1 aromatic rings. The average Bonchev–Trinajstić information content (AvgIpc) is 2.77. The van der Waals surface area contributed by atoms with E-state index >= 15 is 0 Å². The Morgan fingerprint density at radius 2 is 1.95 bits per heavy atom. The van der Waals surface area contributed by atoms with Crippen LogP contribution in [0.5, 0.6) is 0 Å². The van der Waals surface area contributed by atoms with E-state index < -0.39 is 0 Å². The molecule has 2 N–H and O–H groups in total. The first kappa shape index (κ1) is 14.5. The molecule has 19 heavy (non-hydrogen) atoms. The lowest BCUT2D eigenvalue weighted by Gasteiger charge is -2.34. The zero-order valence-electron chi connectivity index (χ0n) is 12.7. The number of aromatic nitrogens is 2. The van der Waals surface area contributed by atoms with E-state index in [0.717, 1.165) is 25.2 Å². The van der Waals surface area contributed by atoms with Crippen molar-refractivity contribution in [3.63, 3.8) is 0 Å². The quantitative estimate of drug-likeness (QED) is 0.909. The minimum Gasteiger partial charge on any atom is -0.339 e. The van der Waals surface area contributed by atoms with Crippen LogP contribution in [0.3, 0.4) is 0 Å². The maximum absolute atomic E-state index is 6.49. The molecule has 2 rings (SSSR count). The van der Waals surface area contributed by atoms with E-state index in [1.54, 1.807) is 0 Å². The molecule has 0 aliphatic heterocycles. The monoisotopic (exact) mass is 265 g/mol. The second-order valence-electron chi connectivity index (χ2n) is 7.26. The molecule has 4 nitrogen and oxygen atoms in total. The van der Waals surface area contributed by atoms with Gasteiger partial charge in [0, 0.05) is 6.42 Å². The first-order chi connectivity index (χ1) is 8.82. The van der Waals surface area contributed by atoms with E-state index in [-0.39, 0.29) is 11.0 Å². The third-order valence-electron chi connectivity index (χ3n) is 4.17. The normalized spacial score (nSPS) is 28.6. The fourth-order valence-corrected chi connectivity index (χ4v) is 2.81. The topological polar surface area (TPSA) is 64.9 Å². The lowest BCUT2D eigenvalue weighted by atomic mass is 9.76. The highest BCUT2D eigenvalue weighted by atomic mass is 16.5. The van der Waals surface area contributed by atoms with Crippen molar-refractivity contribution in [1.82, 2.24) is 10.1 Å². The highest BCUT2D eigenvalue weighted by Gasteiger charge is 2.37. The Morgan fingerprint density at radius 3 is 2.47 bits per heavy atom. The van der Waals surface area contributed by atoms with Gasteiger partial charge in [0.2, 0.25) is 5.89 Å². The highest BCUT2D eigenvalue weighted by molar-refractivity contribution is 5.06. The number of nitrogens with zero attached hydrogens (tertiary/aromatic N) is 2. The standard InChI is InChI=1S/C15H27N3O/c1-5-11-6-8-15(16,9-7-11)13-17-12(19-18-13)10-14(2,3)4/h11H,5-10,16H2,1-4H3. The van der Waals surface area contributed by atoms with Crippen LogP contribution in [-0.4, -0.2) is 10.1 Å². The molecular formula is C15H27N3O. The summed E-state index contributed by atoms with van der Waals surface area (Å²) in [5, 5.41) is 4.14. The van der Waals surface area contributed by atoms with Gasteiger partial charge in [-0.3, -0.25) is 0 Å². The van der Waals surface area contributed by atoms with Crippen LogP contribution < -0.4 is 5.73 Å². The van der Waals surface area contributed by atoms with Gasteiger partial charge in [-0.05, 0) is 37.0 Å². The van der Waals surface area contributed by atoms with Crippen LogP contribution in [0.15, 0.2) is 4.52 Å². The second-order valence-corrected chi connectivity index (χ2v) is 7.26. The summed E-state index contributed by atoms with van der Waals surface area (Å²) >= 11 is 0. The molecule has 0 spiro atoms. The average molecular weight is 265 g/mol. The molecule has 1 aliphatic carbocycles. The summed E-state index contributed by atoms with van der Waals surface area (Å²) in [6.45, 7) is 8.76. The molecule has 1 aromatic heterocycles. The summed E-state index contributed by atoms with van der Waals surface area (Å²) in [6, 6.07) is 0. The maximum Gasteiger partial charge on any atom is 0.227 e. The first-order valence-corrected chi connectivity index (χ1v) is 7.44. The molecule has 1 saturated carbocycles. The Kier molecular flexibility index (Phi) is 4.00. The lowest BCUT2D eigenvalue weighted by Crippen LogP contribution is -2.41. The van der Waals surface area contributed by atoms with Crippen molar-refractivity contribution >= 4 is 0 Å². The number of hydrogen-bond acceptors (Lipinski definition) is 4. The smallest absolute Gasteiger partial charge is 0.227 e. The lowest BCUT2D eigenvalue weighted by molar-refractivity contribution is 0.216. The summed E-state index contributed by atoms with van der Waals surface area (Å²) in [5.41, 5.74) is 6.28. The van der Waals surface area contributed by atoms with E-state index in [1.165, 1.54) is 19.3 Å². The van der Waals surface area contributed by atoms with E-state index in [2.05, 4.69) is 37.8 Å². The Bertz CT molecular complexity index is 411. The van der Waals surface area contributed by atoms with E-state index in [9.17, 15) is 0 Å². The van der Waals surface area contributed by atoms with Gasteiger partial charge in [0.15, 0.2) is 5.82 Å². The van der Waals surface area contributed by atoms with Gasteiger partial charge in [-0.2, -0.15) is 4.98 Å². The molecule has 1 fully saturated rings. The van der Waals surface area contributed by atoms with E-state index in [0.29, 0.717) is 11.7 Å². The van der Waals surface area contributed by atoms with Crippen LogP contribution in [0.1, 0.15) is 71.5 Å². The van der Waals surface area contributed by atoms with Gasteiger partial charge >= 0.3 is 0 Å². The van der Waals surface area contributed by atoms with Crippen LogP contribution in [0.25, 0.3) is 0 Å². The minimum absolute atomic E-state index is 0.158. The molecule has 0 unspecified atom stereocenters. The van der Waals surface area contributed by atoms with Crippen LogP contribution in [0.2, 0.25) is 0 Å². The highest BCUT2D eigenvalue weighted by Crippen LogP contribution is 2.37. The molecule has 108 valence electrons. The van der Waals surface area contributed by atoms with Gasteiger partial charge in [-0.15, -0.1) is 0 Å². The zero-order valence-corrected chi connectivity index (χ0v) is 12.7. The van der Waals surface area contributed by atoms with Gasteiger partial charge in [-0.1, -0.05) is 39.3 Å². The maximum atomic E-state index is 6.49. The van der Waals surface area contributed by atoms with Crippen molar-refractivity contribution in [1.29, 1.82) is 0 Å². The largest absolute Gasteiger partial charge is 0.339 e. The summed E-state index contributed by atoms with van der Waals surface area (Å²) in [4.78, 5) is 4.54. The molecule has 0 bridgehead atoms. The van der Waals surface area contributed by atoms with Gasteiger partial charge in [0.05, 0.1) is 5.54 Å². The molecule has 1 heterocycles. The third-order valence-corrected chi connectivity index (χ3v) is 4.17. The summed E-state index contributed by atoms with van der Waals surface area (Å²) in [5.74, 6) is 2.24. The molecule has 0 amide bonds. The van der Waals surface area contributed by atoms with Crippen molar-refractivity contribution in [2.45, 2.75) is 71.8 Å². The SMILES string of the molecule is CCC1CCC(N)(c2noc(CC(C)(C)C)n2)CC1. The number of nitrogens with two attached hydrogens (primary N) is 1. The molecule has 0 saturated heterocycles. The van der Waals surface area contributed by atoms with Crippen molar-refractivity contribution < 1.29 is 4.52 Å². The van der Waals surface area contributed by atoms with Crippen molar-refractivity contribution in [3.8, 4) is 0 Å². The van der Waals surface area contributed by atoms with E-state index in [4.69, 9.17) is 10.3 Å².